The molecule has 0 aliphatic heterocycles. The maximum atomic E-state index is 13.7. The summed E-state index contributed by atoms with van der Waals surface area (Å²) in [6.07, 6.45) is 0. The van der Waals surface area contributed by atoms with E-state index in [0.717, 1.165) is 0 Å². The highest BCUT2D eigenvalue weighted by Crippen LogP contribution is 2.28. The van der Waals surface area contributed by atoms with Crippen LogP contribution in [0.5, 0.6) is 0 Å². The van der Waals surface area contributed by atoms with Gasteiger partial charge >= 0.3 is 0 Å². The molecule has 1 unspecified atom stereocenters. The zero-order valence-corrected chi connectivity index (χ0v) is 10.4. The summed E-state index contributed by atoms with van der Waals surface area (Å²) in [5.41, 5.74) is 6.25. The van der Waals surface area contributed by atoms with Gasteiger partial charge in [0, 0.05) is 5.56 Å². The lowest BCUT2D eigenvalue weighted by molar-refractivity contribution is 0.481. The number of furan rings is 1. The number of hydrogen-bond acceptors (Lipinski definition) is 2. The lowest BCUT2D eigenvalue weighted by atomic mass is 10.1. The van der Waals surface area contributed by atoms with Crippen LogP contribution in [0.4, 0.5) is 4.39 Å². The molecule has 2 nitrogen and oxygen atoms in total. The predicted molar refractivity (Wildman–Crippen MR) is 63.8 cm³/mol. The molecule has 2 rings (SSSR count). The Hall–Kier alpha value is -0.840. The summed E-state index contributed by atoms with van der Waals surface area (Å²) in [6.45, 7) is 0. The zero-order chi connectivity index (χ0) is 11.7. The van der Waals surface area contributed by atoms with Gasteiger partial charge in [0.25, 0.3) is 0 Å². The fourth-order valence-electron chi connectivity index (χ4n) is 1.41. The van der Waals surface area contributed by atoms with Crippen LogP contribution in [0.3, 0.4) is 0 Å². The van der Waals surface area contributed by atoms with Crippen LogP contribution >= 0.6 is 27.5 Å². The highest BCUT2D eigenvalue weighted by Gasteiger charge is 2.18. The molecule has 1 heterocycles. The zero-order valence-electron chi connectivity index (χ0n) is 8.08. The monoisotopic (exact) mass is 303 g/mol. The quantitative estimate of drug-likeness (QED) is 0.914. The number of rotatable bonds is 2. The molecule has 0 spiro atoms. The molecule has 2 N–H and O–H groups in total. The van der Waals surface area contributed by atoms with E-state index in [1.165, 1.54) is 0 Å². The lowest BCUT2D eigenvalue weighted by Gasteiger charge is -2.10. The highest BCUT2D eigenvalue weighted by atomic mass is 79.9. The van der Waals surface area contributed by atoms with Crippen molar-refractivity contribution in [3.63, 3.8) is 0 Å². The van der Waals surface area contributed by atoms with Crippen molar-refractivity contribution in [2.75, 3.05) is 0 Å². The first-order valence-electron chi connectivity index (χ1n) is 4.54. The number of hydrogen-bond donors (Lipinski definition) is 1. The van der Waals surface area contributed by atoms with E-state index in [-0.39, 0.29) is 11.0 Å². The van der Waals surface area contributed by atoms with Crippen LogP contribution in [-0.4, -0.2) is 0 Å². The van der Waals surface area contributed by atoms with Crippen LogP contribution in [-0.2, 0) is 0 Å². The molecule has 0 saturated carbocycles. The molecule has 1 atom stereocenters. The van der Waals surface area contributed by atoms with E-state index < -0.39 is 6.04 Å². The van der Waals surface area contributed by atoms with Gasteiger partial charge in [-0.3, -0.25) is 0 Å². The van der Waals surface area contributed by atoms with Gasteiger partial charge in [-0.05, 0) is 45.7 Å². The molecule has 2 aromatic rings. The maximum Gasteiger partial charge on any atom is 0.193 e. The molecule has 0 aliphatic carbocycles. The lowest BCUT2D eigenvalue weighted by Crippen LogP contribution is -2.12. The first-order chi connectivity index (χ1) is 7.59. The Morgan fingerprint density at radius 3 is 2.69 bits per heavy atom. The molecule has 5 heteroatoms. The van der Waals surface area contributed by atoms with Gasteiger partial charge in [0.1, 0.15) is 11.6 Å². The van der Waals surface area contributed by atoms with Crippen molar-refractivity contribution in [1.29, 1.82) is 0 Å². The molecule has 0 bridgehead atoms. The molecular formula is C11H8BrClFNO. The Morgan fingerprint density at radius 1 is 1.31 bits per heavy atom. The first-order valence-corrected chi connectivity index (χ1v) is 5.71. The van der Waals surface area contributed by atoms with Crippen LogP contribution in [0.2, 0.25) is 5.22 Å². The minimum absolute atomic E-state index is 0.237. The summed E-state index contributed by atoms with van der Waals surface area (Å²) in [6, 6.07) is 7.49. The molecule has 0 radical (unpaired) electrons. The van der Waals surface area contributed by atoms with Crippen LogP contribution in [0, 0.1) is 5.82 Å². The number of halogens is 3. The smallest absolute Gasteiger partial charge is 0.193 e. The van der Waals surface area contributed by atoms with Crippen molar-refractivity contribution in [1.82, 2.24) is 0 Å². The second-order valence-corrected chi connectivity index (χ2v) is 4.49. The van der Waals surface area contributed by atoms with Gasteiger partial charge in [0.05, 0.1) is 10.5 Å². The first kappa shape index (κ1) is 11.6. The van der Waals surface area contributed by atoms with Gasteiger partial charge < -0.3 is 10.2 Å². The average molecular weight is 305 g/mol. The third-order valence-electron chi connectivity index (χ3n) is 2.22. The summed E-state index contributed by atoms with van der Waals surface area (Å²) < 4.78 is 19.3. The van der Waals surface area contributed by atoms with E-state index in [4.69, 9.17) is 21.8 Å². The van der Waals surface area contributed by atoms with E-state index in [0.29, 0.717) is 15.8 Å². The second-order valence-electron chi connectivity index (χ2n) is 3.26. The molecule has 1 aromatic heterocycles. The standard InChI is InChI=1S/C11H8BrClFNO/c12-7-3-1-2-6(10(7)14)11(15)8-4-5-9(13)16-8/h1-5,11H,15H2. The normalized spacial score (nSPS) is 12.8. The van der Waals surface area contributed by atoms with Gasteiger partial charge in [-0.25, -0.2) is 4.39 Å². The molecule has 84 valence electrons. The van der Waals surface area contributed by atoms with Crippen molar-refractivity contribution >= 4 is 27.5 Å². The van der Waals surface area contributed by atoms with Gasteiger partial charge in [-0.1, -0.05) is 12.1 Å². The van der Waals surface area contributed by atoms with Crippen LogP contribution in [0.15, 0.2) is 39.2 Å². The van der Waals surface area contributed by atoms with Crippen LogP contribution < -0.4 is 5.73 Å². The van der Waals surface area contributed by atoms with Gasteiger partial charge in [-0.2, -0.15) is 0 Å². The van der Waals surface area contributed by atoms with Crippen molar-refractivity contribution in [3.05, 3.63) is 57.2 Å². The Bertz CT molecular complexity index is 514. The van der Waals surface area contributed by atoms with Gasteiger partial charge in [0.15, 0.2) is 5.22 Å². The van der Waals surface area contributed by atoms with E-state index in [9.17, 15) is 4.39 Å². The van der Waals surface area contributed by atoms with Crippen molar-refractivity contribution in [2.24, 2.45) is 5.73 Å². The van der Waals surface area contributed by atoms with E-state index in [2.05, 4.69) is 15.9 Å². The average Bonchev–Trinajstić information content (AvgIpc) is 2.68. The highest BCUT2D eigenvalue weighted by molar-refractivity contribution is 9.10. The fraction of sp³-hybridized carbons (Fsp3) is 0.0909. The Labute approximate surface area is 105 Å². The van der Waals surface area contributed by atoms with E-state index in [1.54, 1.807) is 30.3 Å². The van der Waals surface area contributed by atoms with Gasteiger partial charge in [0.2, 0.25) is 0 Å². The topological polar surface area (TPSA) is 39.2 Å². The minimum Gasteiger partial charge on any atom is -0.448 e. The predicted octanol–water partition coefficient (Wildman–Crippen LogP) is 3.88. The Kier molecular flexibility index (Phi) is 3.33. The molecular weight excluding hydrogens is 296 g/mol. The van der Waals surface area contributed by atoms with Crippen molar-refractivity contribution in [2.45, 2.75) is 6.04 Å². The summed E-state index contributed by atoms with van der Waals surface area (Å²) in [5, 5.41) is 0.237. The van der Waals surface area contributed by atoms with Crippen LogP contribution in [0.25, 0.3) is 0 Å². The van der Waals surface area contributed by atoms with Crippen LogP contribution in [0.1, 0.15) is 17.4 Å². The third-order valence-corrected chi connectivity index (χ3v) is 3.03. The van der Waals surface area contributed by atoms with Crippen molar-refractivity contribution in [3.8, 4) is 0 Å². The second kappa shape index (κ2) is 4.57. The van der Waals surface area contributed by atoms with Gasteiger partial charge in [-0.15, -0.1) is 0 Å². The third kappa shape index (κ3) is 2.14. The Morgan fingerprint density at radius 2 is 2.06 bits per heavy atom. The molecule has 0 amide bonds. The molecule has 1 aromatic carbocycles. The summed E-state index contributed by atoms with van der Waals surface area (Å²) >= 11 is 8.74. The summed E-state index contributed by atoms with van der Waals surface area (Å²) in [5.74, 6) is 0.0459. The number of nitrogens with two attached hydrogens (primary N) is 1. The summed E-state index contributed by atoms with van der Waals surface area (Å²) in [7, 11) is 0. The maximum absolute atomic E-state index is 13.7. The largest absolute Gasteiger partial charge is 0.448 e. The van der Waals surface area contributed by atoms with Crippen molar-refractivity contribution < 1.29 is 8.81 Å². The minimum atomic E-state index is -0.662. The molecule has 0 saturated heterocycles. The summed E-state index contributed by atoms with van der Waals surface area (Å²) in [4.78, 5) is 0. The molecule has 0 fully saturated rings. The molecule has 16 heavy (non-hydrogen) atoms. The molecule has 0 aliphatic rings. The SMILES string of the molecule is NC(c1ccc(Cl)o1)c1cccc(Br)c1F. The van der Waals surface area contributed by atoms with E-state index >= 15 is 0 Å². The number of benzene rings is 1. The Balaban J connectivity index is 2.41. The van der Waals surface area contributed by atoms with E-state index in [1.807, 2.05) is 0 Å². The fourth-order valence-corrected chi connectivity index (χ4v) is 1.94.